The van der Waals surface area contributed by atoms with Crippen molar-refractivity contribution in [2.24, 2.45) is 5.92 Å². The number of hydrogen-bond donors (Lipinski definition) is 1. The molecule has 6 nitrogen and oxygen atoms in total. The Labute approximate surface area is 170 Å². The van der Waals surface area contributed by atoms with Crippen LogP contribution < -0.4 is 5.32 Å². The third kappa shape index (κ3) is 4.65. The summed E-state index contributed by atoms with van der Waals surface area (Å²) in [5.74, 6) is -0.594. The predicted octanol–water partition coefficient (Wildman–Crippen LogP) is 3.87. The third-order valence-electron chi connectivity index (χ3n) is 4.86. The number of esters is 1. The quantitative estimate of drug-likeness (QED) is 0.724. The summed E-state index contributed by atoms with van der Waals surface area (Å²) in [5.41, 5.74) is 2.45. The van der Waals surface area contributed by atoms with Crippen LogP contribution in [-0.4, -0.2) is 35.3 Å². The van der Waals surface area contributed by atoms with Crippen LogP contribution in [0, 0.1) is 5.92 Å². The van der Waals surface area contributed by atoms with E-state index in [1.54, 1.807) is 42.2 Å². The van der Waals surface area contributed by atoms with Gasteiger partial charge in [-0.25, -0.2) is 4.79 Å². The van der Waals surface area contributed by atoms with Gasteiger partial charge >= 0.3 is 5.97 Å². The number of carbonyl (C=O) groups is 3. The van der Waals surface area contributed by atoms with Crippen molar-refractivity contribution in [3.05, 3.63) is 65.2 Å². The lowest BCUT2D eigenvalue weighted by Gasteiger charge is -2.28. The lowest BCUT2D eigenvalue weighted by Crippen LogP contribution is -2.45. The zero-order valence-electron chi connectivity index (χ0n) is 17.0. The highest BCUT2D eigenvalue weighted by Crippen LogP contribution is 2.27. The zero-order valence-corrected chi connectivity index (χ0v) is 17.0. The molecule has 1 aliphatic rings. The number of ether oxygens (including phenoxy) is 1. The van der Waals surface area contributed by atoms with E-state index in [0.29, 0.717) is 29.8 Å². The first-order valence-electron chi connectivity index (χ1n) is 9.87. The molecule has 0 spiro atoms. The molecule has 1 N–H and O–H groups in total. The molecule has 2 amide bonds. The van der Waals surface area contributed by atoms with Crippen LogP contribution in [0.1, 0.15) is 53.5 Å². The summed E-state index contributed by atoms with van der Waals surface area (Å²) in [7, 11) is 0. The Bertz CT molecular complexity index is 923. The molecule has 1 heterocycles. The van der Waals surface area contributed by atoms with Crippen LogP contribution in [0.4, 0.5) is 5.69 Å². The van der Waals surface area contributed by atoms with Crippen molar-refractivity contribution in [1.82, 2.24) is 4.90 Å². The average Bonchev–Trinajstić information content (AvgIpc) is 3.03. The van der Waals surface area contributed by atoms with Crippen molar-refractivity contribution in [3.63, 3.8) is 0 Å². The van der Waals surface area contributed by atoms with E-state index in [9.17, 15) is 14.4 Å². The fourth-order valence-electron chi connectivity index (χ4n) is 3.51. The van der Waals surface area contributed by atoms with Gasteiger partial charge in [-0.05, 0) is 49.1 Å². The van der Waals surface area contributed by atoms with Crippen LogP contribution in [0.2, 0.25) is 0 Å². The maximum atomic E-state index is 13.1. The van der Waals surface area contributed by atoms with Crippen LogP contribution >= 0.6 is 0 Å². The molecule has 2 aromatic carbocycles. The van der Waals surface area contributed by atoms with Crippen molar-refractivity contribution in [2.45, 2.75) is 39.8 Å². The van der Waals surface area contributed by atoms with Gasteiger partial charge in [0.2, 0.25) is 5.91 Å². The molecule has 29 heavy (non-hydrogen) atoms. The molecule has 0 aliphatic carbocycles. The molecule has 0 unspecified atom stereocenters. The summed E-state index contributed by atoms with van der Waals surface area (Å²) >= 11 is 0. The molecule has 152 valence electrons. The average molecular weight is 394 g/mol. The van der Waals surface area contributed by atoms with E-state index in [2.05, 4.69) is 5.32 Å². The van der Waals surface area contributed by atoms with Crippen molar-refractivity contribution >= 4 is 23.5 Å². The van der Waals surface area contributed by atoms with Crippen molar-refractivity contribution < 1.29 is 19.1 Å². The topological polar surface area (TPSA) is 75.7 Å². The number of benzene rings is 2. The minimum atomic E-state index is -0.596. The number of nitrogens with zero attached hydrogens (tertiary/aromatic N) is 1. The monoisotopic (exact) mass is 394 g/mol. The number of amides is 2. The Morgan fingerprint density at radius 3 is 2.59 bits per heavy atom. The second-order valence-corrected chi connectivity index (χ2v) is 7.53. The summed E-state index contributed by atoms with van der Waals surface area (Å²) < 4.78 is 5.01. The highest BCUT2D eigenvalue weighted by Gasteiger charge is 2.36. The standard InChI is InChI=1S/C23H26N2O4/c1-4-29-23(28)16-9-7-10-18(13-16)24-21(26)20(12-15(2)3)25-14-17-8-5-6-11-19(17)22(25)27/h5-11,13,15,20H,4,12,14H2,1-3H3,(H,24,26)/t20-/m1/s1. The lowest BCUT2D eigenvalue weighted by atomic mass is 10.0. The molecule has 1 aliphatic heterocycles. The Morgan fingerprint density at radius 2 is 1.90 bits per heavy atom. The van der Waals surface area contributed by atoms with E-state index in [-0.39, 0.29) is 24.3 Å². The number of rotatable bonds is 7. The first-order chi connectivity index (χ1) is 13.9. The fraction of sp³-hybridized carbons (Fsp3) is 0.348. The second kappa shape index (κ2) is 8.90. The summed E-state index contributed by atoms with van der Waals surface area (Å²) in [6.07, 6.45) is 0.545. The second-order valence-electron chi connectivity index (χ2n) is 7.53. The summed E-state index contributed by atoms with van der Waals surface area (Å²) in [6.45, 7) is 6.49. The molecule has 0 radical (unpaired) electrons. The van der Waals surface area contributed by atoms with Crippen LogP contribution in [-0.2, 0) is 16.1 Å². The van der Waals surface area contributed by atoms with Crippen LogP contribution in [0.15, 0.2) is 48.5 Å². The van der Waals surface area contributed by atoms with Gasteiger partial charge in [0, 0.05) is 17.8 Å². The van der Waals surface area contributed by atoms with Crippen LogP contribution in [0.25, 0.3) is 0 Å². The molecule has 0 aromatic heterocycles. The summed E-state index contributed by atoms with van der Waals surface area (Å²) in [6, 6.07) is 13.5. The first-order valence-corrected chi connectivity index (χ1v) is 9.87. The molecule has 2 aromatic rings. The minimum absolute atomic E-state index is 0.123. The lowest BCUT2D eigenvalue weighted by molar-refractivity contribution is -0.121. The van der Waals surface area contributed by atoms with Gasteiger partial charge in [-0.1, -0.05) is 38.1 Å². The normalized spacial score (nSPS) is 13.9. The number of hydrogen-bond acceptors (Lipinski definition) is 4. The van der Waals surface area contributed by atoms with Gasteiger partial charge in [0.25, 0.3) is 5.91 Å². The van der Waals surface area contributed by atoms with Crippen LogP contribution in [0.5, 0.6) is 0 Å². The fourth-order valence-corrected chi connectivity index (χ4v) is 3.51. The summed E-state index contributed by atoms with van der Waals surface area (Å²) in [5, 5.41) is 2.87. The van der Waals surface area contributed by atoms with Gasteiger partial charge in [0.15, 0.2) is 0 Å². The molecule has 0 saturated carbocycles. The Balaban J connectivity index is 1.80. The molecular weight excluding hydrogens is 368 g/mol. The van der Waals surface area contributed by atoms with Gasteiger partial charge in [0.1, 0.15) is 6.04 Å². The predicted molar refractivity (Wildman–Crippen MR) is 111 cm³/mol. The maximum Gasteiger partial charge on any atom is 0.338 e. The van der Waals surface area contributed by atoms with E-state index in [1.165, 1.54) is 0 Å². The van der Waals surface area contributed by atoms with E-state index >= 15 is 0 Å². The van der Waals surface area contributed by atoms with Crippen LogP contribution in [0.3, 0.4) is 0 Å². The highest BCUT2D eigenvalue weighted by molar-refractivity contribution is 6.04. The van der Waals surface area contributed by atoms with Crippen molar-refractivity contribution in [1.29, 1.82) is 0 Å². The number of nitrogens with one attached hydrogen (secondary N) is 1. The van der Waals surface area contributed by atoms with Gasteiger partial charge < -0.3 is 15.0 Å². The number of anilines is 1. The minimum Gasteiger partial charge on any atom is -0.462 e. The Morgan fingerprint density at radius 1 is 1.14 bits per heavy atom. The largest absolute Gasteiger partial charge is 0.462 e. The van der Waals surface area contributed by atoms with Gasteiger partial charge in [-0.3, -0.25) is 9.59 Å². The molecule has 0 bridgehead atoms. The number of fused-ring (bicyclic) bond motifs is 1. The molecule has 0 fully saturated rings. The Kier molecular flexibility index (Phi) is 6.32. The van der Waals surface area contributed by atoms with Gasteiger partial charge in [-0.15, -0.1) is 0 Å². The maximum absolute atomic E-state index is 13.1. The zero-order chi connectivity index (χ0) is 21.0. The highest BCUT2D eigenvalue weighted by atomic mass is 16.5. The number of carbonyl (C=O) groups excluding carboxylic acids is 3. The molecule has 1 atom stereocenters. The van der Waals surface area contributed by atoms with Gasteiger partial charge in [-0.2, -0.15) is 0 Å². The SMILES string of the molecule is CCOC(=O)c1cccc(NC(=O)[C@@H](CC(C)C)N2Cc3ccccc3C2=O)c1. The summed E-state index contributed by atoms with van der Waals surface area (Å²) in [4.78, 5) is 39.6. The molecule has 3 rings (SSSR count). The molecular formula is C23H26N2O4. The molecule has 0 saturated heterocycles. The van der Waals surface area contributed by atoms with E-state index in [1.807, 2.05) is 32.0 Å². The Hall–Kier alpha value is -3.15. The van der Waals surface area contributed by atoms with Gasteiger partial charge in [0.05, 0.1) is 12.2 Å². The molecule has 6 heteroatoms. The van der Waals surface area contributed by atoms with E-state index in [4.69, 9.17) is 4.74 Å². The third-order valence-corrected chi connectivity index (χ3v) is 4.86. The first kappa shape index (κ1) is 20.6. The smallest absolute Gasteiger partial charge is 0.338 e. The van der Waals surface area contributed by atoms with Crippen molar-refractivity contribution in [3.8, 4) is 0 Å². The van der Waals surface area contributed by atoms with Crippen molar-refractivity contribution in [2.75, 3.05) is 11.9 Å². The van der Waals surface area contributed by atoms with E-state index < -0.39 is 12.0 Å². The van der Waals surface area contributed by atoms with E-state index in [0.717, 1.165) is 5.56 Å².